The number of benzene rings is 1. The maximum Gasteiger partial charge on any atom is 0.224 e. The number of hydrogen-bond donors (Lipinski definition) is 2. The summed E-state index contributed by atoms with van der Waals surface area (Å²) in [4.78, 5) is 18.5. The number of nitrogens with zero attached hydrogens (tertiary/aromatic N) is 2. The van der Waals surface area contributed by atoms with Gasteiger partial charge in [-0.05, 0) is 23.6 Å². The molecule has 0 unspecified atom stereocenters. The molecule has 1 fully saturated rings. The molecule has 1 aliphatic rings. The lowest BCUT2D eigenvalue weighted by atomic mass is 10.1. The van der Waals surface area contributed by atoms with E-state index in [1.54, 1.807) is 0 Å². The zero-order chi connectivity index (χ0) is 16.7. The number of nitrogens with two attached hydrogens (primary N) is 1. The molecule has 1 heterocycles. The first-order valence-electron chi connectivity index (χ1n) is 8.06. The summed E-state index contributed by atoms with van der Waals surface area (Å²) in [5, 5.41) is 2.93. The van der Waals surface area contributed by atoms with E-state index in [9.17, 15) is 4.79 Å². The van der Waals surface area contributed by atoms with Gasteiger partial charge in [-0.2, -0.15) is 11.8 Å². The van der Waals surface area contributed by atoms with Gasteiger partial charge in [-0.3, -0.25) is 4.79 Å². The highest BCUT2D eigenvalue weighted by Crippen LogP contribution is 2.14. The van der Waals surface area contributed by atoms with Crippen molar-refractivity contribution >= 4 is 29.3 Å². The molecule has 0 aromatic heterocycles. The number of carbonyl (C=O) groups is 1. The Morgan fingerprint density at radius 1 is 1.39 bits per heavy atom. The van der Waals surface area contributed by atoms with Crippen LogP contribution in [-0.4, -0.2) is 41.4 Å². The SMILES string of the molecule is CC(C)CC(=O)Nc1cccc(CN=C(N)N2CCSCC2)c1. The van der Waals surface area contributed by atoms with Crippen molar-refractivity contribution in [2.45, 2.75) is 26.8 Å². The predicted molar refractivity (Wildman–Crippen MR) is 98.8 cm³/mol. The first kappa shape index (κ1) is 17.7. The van der Waals surface area contributed by atoms with Gasteiger partial charge in [-0.25, -0.2) is 4.99 Å². The second-order valence-corrected chi connectivity index (χ2v) is 7.35. The molecule has 0 bridgehead atoms. The number of thioether (sulfide) groups is 1. The minimum atomic E-state index is 0.0472. The number of aliphatic imine (C=N–C) groups is 1. The van der Waals surface area contributed by atoms with Crippen molar-refractivity contribution in [1.29, 1.82) is 0 Å². The standard InChI is InChI=1S/C17H26N4OS/c1-13(2)10-16(22)20-15-5-3-4-14(11-15)12-19-17(18)21-6-8-23-9-7-21/h3-5,11,13H,6-10,12H2,1-2H3,(H2,18,19)(H,20,22). The molecule has 1 aromatic rings. The van der Waals surface area contributed by atoms with Gasteiger partial charge in [0.25, 0.3) is 0 Å². The van der Waals surface area contributed by atoms with Gasteiger partial charge in [-0.15, -0.1) is 0 Å². The number of hydrogen-bond acceptors (Lipinski definition) is 3. The molecule has 1 aromatic carbocycles. The van der Waals surface area contributed by atoms with Crippen LogP contribution in [0.3, 0.4) is 0 Å². The summed E-state index contributed by atoms with van der Waals surface area (Å²) >= 11 is 1.95. The fourth-order valence-corrected chi connectivity index (χ4v) is 3.30. The van der Waals surface area contributed by atoms with Crippen LogP contribution in [0, 0.1) is 5.92 Å². The van der Waals surface area contributed by atoms with E-state index in [4.69, 9.17) is 5.73 Å². The monoisotopic (exact) mass is 334 g/mol. The number of nitrogens with one attached hydrogen (secondary N) is 1. The lowest BCUT2D eigenvalue weighted by Gasteiger charge is -2.27. The van der Waals surface area contributed by atoms with Crippen molar-refractivity contribution in [1.82, 2.24) is 4.90 Å². The van der Waals surface area contributed by atoms with E-state index in [-0.39, 0.29) is 5.91 Å². The molecule has 0 aliphatic carbocycles. The molecule has 3 N–H and O–H groups in total. The molecule has 0 atom stereocenters. The second kappa shape index (κ2) is 8.82. The van der Waals surface area contributed by atoms with Crippen molar-refractivity contribution in [2.24, 2.45) is 16.6 Å². The van der Waals surface area contributed by atoms with Crippen LogP contribution in [0.2, 0.25) is 0 Å². The lowest BCUT2D eigenvalue weighted by Crippen LogP contribution is -2.42. The van der Waals surface area contributed by atoms with Crippen LogP contribution >= 0.6 is 11.8 Å². The summed E-state index contributed by atoms with van der Waals surface area (Å²) in [5.41, 5.74) is 7.93. The van der Waals surface area contributed by atoms with E-state index in [2.05, 4.69) is 15.2 Å². The number of guanidine groups is 1. The summed E-state index contributed by atoms with van der Waals surface area (Å²) in [6, 6.07) is 7.79. The fraction of sp³-hybridized carbons (Fsp3) is 0.529. The Labute approximate surface area is 142 Å². The average molecular weight is 334 g/mol. The van der Waals surface area contributed by atoms with Gasteiger partial charge in [0.2, 0.25) is 5.91 Å². The van der Waals surface area contributed by atoms with Gasteiger partial charge >= 0.3 is 0 Å². The Balaban J connectivity index is 1.92. The summed E-state index contributed by atoms with van der Waals surface area (Å²) in [7, 11) is 0. The predicted octanol–water partition coefficient (Wildman–Crippen LogP) is 2.53. The van der Waals surface area contributed by atoms with Crippen LogP contribution < -0.4 is 11.1 Å². The number of anilines is 1. The van der Waals surface area contributed by atoms with Crippen LogP contribution in [0.15, 0.2) is 29.3 Å². The molecule has 6 heteroatoms. The van der Waals surface area contributed by atoms with E-state index < -0.39 is 0 Å². The zero-order valence-corrected chi connectivity index (χ0v) is 14.7. The molecule has 126 valence electrons. The smallest absolute Gasteiger partial charge is 0.224 e. The van der Waals surface area contributed by atoms with Crippen molar-refractivity contribution in [3.8, 4) is 0 Å². The minimum absolute atomic E-state index is 0.0472. The summed E-state index contributed by atoms with van der Waals surface area (Å²) in [6.45, 7) is 6.53. The fourth-order valence-electron chi connectivity index (χ4n) is 2.39. The maximum atomic E-state index is 11.8. The van der Waals surface area contributed by atoms with Gasteiger partial charge in [0.1, 0.15) is 0 Å². The molecule has 0 spiro atoms. The Morgan fingerprint density at radius 2 is 2.13 bits per heavy atom. The van der Waals surface area contributed by atoms with Gasteiger partial charge in [0.15, 0.2) is 5.96 Å². The molecule has 0 saturated carbocycles. The first-order valence-corrected chi connectivity index (χ1v) is 9.21. The Morgan fingerprint density at radius 3 is 2.83 bits per heavy atom. The van der Waals surface area contributed by atoms with E-state index >= 15 is 0 Å². The third-order valence-electron chi connectivity index (χ3n) is 3.56. The van der Waals surface area contributed by atoms with Crippen LogP contribution in [0.5, 0.6) is 0 Å². The highest BCUT2D eigenvalue weighted by atomic mass is 32.2. The largest absolute Gasteiger partial charge is 0.370 e. The van der Waals surface area contributed by atoms with Gasteiger partial charge in [0, 0.05) is 36.7 Å². The van der Waals surface area contributed by atoms with Crippen molar-refractivity contribution < 1.29 is 4.79 Å². The maximum absolute atomic E-state index is 11.8. The molecule has 1 amide bonds. The summed E-state index contributed by atoms with van der Waals surface area (Å²) in [6.07, 6.45) is 0.530. The molecule has 5 nitrogen and oxygen atoms in total. The third kappa shape index (κ3) is 6.14. The molecule has 1 aliphatic heterocycles. The topological polar surface area (TPSA) is 70.7 Å². The minimum Gasteiger partial charge on any atom is -0.370 e. The summed E-state index contributed by atoms with van der Waals surface area (Å²) in [5.74, 6) is 3.22. The molecule has 0 radical (unpaired) electrons. The lowest BCUT2D eigenvalue weighted by molar-refractivity contribution is -0.116. The van der Waals surface area contributed by atoms with Crippen LogP contribution in [0.4, 0.5) is 5.69 Å². The highest BCUT2D eigenvalue weighted by Gasteiger charge is 2.12. The molecule has 23 heavy (non-hydrogen) atoms. The van der Waals surface area contributed by atoms with Crippen molar-refractivity contribution in [3.63, 3.8) is 0 Å². The Kier molecular flexibility index (Phi) is 6.77. The van der Waals surface area contributed by atoms with Gasteiger partial charge < -0.3 is 16.0 Å². The Bertz CT molecular complexity index is 553. The van der Waals surface area contributed by atoms with Crippen molar-refractivity contribution in [3.05, 3.63) is 29.8 Å². The van der Waals surface area contributed by atoms with Crippen LogP contribution in [-0.2, 0) is 11.3 Å². The van der Waals surface area contributed by atoms with E-state index in [1.807, 2.05) is 49.9 Å². The molecular weight excluding hydrogens is 308 g/mol. The van der Waals surface area contributed by atoms with Gasteiger partial charge in [0.05, 0.1) is 6.54 Å². The summed E-state index contributed by atoms with van der Waals surface area (Å²) < 4.78 is 0. The number of carbonyl (C=O) groups excluding carboxylic acids is 1. The van der Waals surface area contributed by atoms with Crippen LogP contribution in [0.1, 0.15) is 25.8 Å². The van der Waals surface area contributed by atoms with E-state index in [0.717, 1.165) is 35.8 Å². The third-order valence-corrected chi connectivity index (χ3v) is 4.51. The van der Waals surface area contributed by atoms with Gasteiger partial charge in [-0.1, -0.05) is 26.0 Å². The first-order chi connectivity index (χ1) is 11.0. The molecule has 1 saturated heterocycles. The van der Waals surface area contributed by atoms with Crippen molar-refractivity contribution in [2.75, 3.05) is 29.9 Å². The van der Waals surface area contributed by atoms with E-state index in [0.29, 0.717) is 24.8 Å². The van der Waals surface area contributed by atoms with Crippen LogP contribution in [0.25, 0.3) is 0 Å². The average Bonchev–Trinajstić information content (AvgIpc) is 2.53. The highest BCUT2D eigenvalue weighted by molar-refractivity contribution is 7.99. The quantitative estimate of drug-likeness (QED) is 0.641. The van der Waals surface area contributed by atoms with E-state index in [1.165, 1.54) is 0 Å². The molecular formula is C17H26N4OS. The number of rotatable bonds is 5. The number of amides is 1. The normalized spacial score (nSPS) is 15.8. The Hall–Kier alpha value is -1.69. The zero-order valence-electron chi connectivity index (χ0n) is 13.9. The molecule has 2 rings (SSSR count). The second-order valence-electron chi connectivity index (χ2n) is 6.12.